The molecule has 0 bridgehead atoms. The number of rotatable bonds is 8. The lowest BCUT2D eigenvalue weighted by atomic mass is 9.81. The first-order valence-corrected chi connectivity index (χ1v) is 13.2. The summed E-state index contributed by atoms with van der Waals surface area (Å²) in [6, 6.07) is 4.34. The van der Waals surface area contributed by atoms with E-state index in [1.165, 1.54) is 25.4 Å². The van der Waals surface area contributed by atoms with E-state index in [0.717, 1.165) is 25.3 Å². The molecule has 1 heterocycles. The molecule has 1 aliphatic carbocycles. The van der Waals surface area contributed by atoms with Crippen molar-refractivity contribution in [2.75, 3.05) is 31.0 Å². The SMILES string of the molecule is C.COc1cc(Nc2ncc(C(F)(F)F)c(C[C@@H]3CCCC[C@H]3N(C)S(C)(=O)=O)n2)ccc1NC(C)=O. The first kappa shape index (κ1) is 30.3. The monoisotopic (exact) mass is 545 g/mol. The molecule has 1 saturated carbocycles. The maximum atomic E-state index is 13.8. The van der Waals surface area contributed by atoms with Crippen LogP contribution in [0, 0.1) is 5.92 Å². The number of nitrogens with zero attached hydrogens (tertiary/aromatic N) is 3. The molecule has 1 aliphatic rings. The second kappa shape index (κ2) is 12.1. The molecule has 0 radical (unpaired) electrons. The van der Waals surface area contributed by atoms with E-state index in [0.29, 0.717) is 30.0 Å². The predicted molar refractivity (Wildman–Crippen MR) is 136 cm³/mol. The molecule has 0 unspecified atom stereocenters. The Balaban J connectivity index is 0.00000481. The fourth-order valence-electron chi connectivity index (χ4n) is 4.46. The van der Waals surface area contributed by atoms with E-state index < -0.39 is 27.8 Å². The van der Waals surface area contributed by atoms with Crippen LogP contribution in [0.1, 0.15) is 51.3 Å². The maximum Gasteiger partial charge on any atom is 0.419 e. The third kappa shape index (κ3) is 7.78. The minimum absolute atomic E-state index is 0. The third-order valence-electron chi connectivity index (χ3n) is 6.26. The lowest BCUT2D eigenvalue weighted by molar-refractivity contribution is -0.138. The van der Waals surface area contributed by atoms with Gasteiger partial charge in [0, 0.05) is 38.0 Å². The number of aromatic nitrogens is 2. The number of halogens is 3. The van der Waals surface area contributed by atoms with Gasteiger partial charge < -0.3 is 15.4 Å². The molecule has 1 fully saturated rings. The van der Waals surface area contributed by atoms with Crippen molar-refractivity contribution in [3.05, 3.63) is 35.7 Å². The number of carbonyl (C=O) groups excluding carboxylic acids is 1. The largest absolute Gasteiger partial charge is 0.494 e. The molecular weight excluding hydrogens is 511 g/mol. The van der Waals surface area contributed by atoms with Crippen molar-refractivity contribution in [3.8, 4) is 5.75 Å². The van der Waals surface area contributed by atoms with E-state index in [1.54, 1.807) is 18.2 Å². The average Bonchev–Trinajstić information content (AvgIpc) is 2.78. The first-order chi connectivity index (χ1) is 16.8. The fraction of sp³-hybridized carbons (Fsp3) is 0.542. The summed E-state index contributed by atoms with van der Waals surface area (Å²) in [7, 11) is -0.617. The number of alkyl halides is 3. The Morgan fingerprint density at radius 1 is 1.24 bits per heavy atom. The van der Waals surface area contributed by atoms with Crippen LogP contribution in [-0.2, 0) is 27.4 Å². The van der Waals surface area contributed by atoms with Crippen molar-refractivity contribution in [1.29, 1.82) is 0 Å². The van der Waals surface area contributed by atoms with E-state index >= 15 is 0 Å². The van der Waals surface area contributed by atoms with E-state index in [-0.39, 0.29) is 37.3 Å². The van der Waals surface area contributed by atoms with Crippen molar-refractivity contribution in [3.63, 3.8) is 0 Å². The average molecular weight is 546 g/mol. The van der Waals surface area contributed by atoms with Crippen LogP contribution in [0.2, 0.25) is 0 Å². The summed E-state index contributed by atoms with van der Waals surface area (Å²) in [4.78, 5) is 19.4. The maximum absolute atomic E-state index is 13.8. The van der Waals surface area contributed by atoms with Gasteiger partial charge in [0.15, 0.2) is 0 Å². The summed E-state index contributed by atoms with van der Waals surface area (Å²) in [5.74, 6) is -0.307. The van der Waals surface area contributed by atoms with Gasteiger partial charge >= 0.3 is 6.18 Å². The molecule has 1 aromatic carbocycles. The molecular formula is C24H34F3N5O4S. The molecule has 13 heteroatoms. The highest BCUT2D eigenvalue weighted by Crippen LogP contribution is 2.37. The quantitative estimate of drug-likeness (QED) is 0.488. The minimum atomic E-state index is -4.66. The van der Waals surface area contributed by atoms with Crippen LogP contribution in [0.5, 0.6) is 5.75 Å². The normalized spacial score (nSPS) is 18.2. The van der Waals surface area contributed by atoms with Gasteiger partial charge in [-0.25, -0.2) is 22.7 Å². The topological polar surface area (TPSA) is 114 Å². The number of benzene rings is 1. The van der Waals surface area contributed by atoms with Gasteiger partial charge in [0.1, 0.15) is 5.75 Å². The zero-order chi connectivity index (χ0) is 26.7. The zero-order valence-electron chi connectivity index (χ0n) is 20.5. The molecule has 0 spiro atoms. The summed E-state index contributed by atoms with van der Waals surface area (Å²) in [5.41, 5.74) is -0.263. The molecule has 0 saturated heterocycles. The standard InChI is InChI=1S/C23H30F3N5O4S.CH4/c1-14(32)28-18-10-9-16(12-21(18)35-3)29-22-27-13-17(23(24,25)26)19(30-22)11-15-7-5-6-8-20(15)31(2)36(4,33)34;/h9-10,12-13,15,20H,5-8,11H2,1-4H3,(H,28,32)(H,27,29,30);1H4/t15-,20+;/m0./s1. The predicted octanol–water partition coefficient (Wildman–Crippen LogP) is 4.83. The number of hydrogen-bond acceptors (Lipinski definition) is 7. The van der Waals surface area contributed by atoms with Crippen LogP contribution >= 0.6 is 0 Å². The van der Waals surface area contributed by atoms with E-state index in [1.807, 2.05) is 0 Å². The van der Waals surface area contributed by atoms with Gasteiger partial charge in [-0.3, -0.25) is 4.79 Å². The van der Waals surface area contributed by atoms with Crippen LogP contribution in [-0.4, -0.2) is 55.1 Å². The van der Waals surface area contributed by atoms with E-state index in [4.69, 9.17) is 4.74 Å². The zero-order valence-corrected chi connectivity index (χ0v) is 21.3. The summed E-state index contributed by atoms with van der Waals surface area (Å²) in [6.07, 6.45) is -0.0888. The number of ether oxygens (including phenoxy) is 1. The van der Waals surface area contributed by atoms with Crippen molar-refractivity contribution < 1.29 is 31.1 Å². The fourth-order valence-corrected chi connectivity index (χ4v) is 5.23. The van der Waals surface area contributed by atoms with Crippen LogP contribution in [0.25, 0.3) is 0 Å². The lowest BCUT2D eigenvalue weighted by Gasteiger charge is -2.37. The van der Waals surface area contributed by atoms with Crippen molar-refractivity contribution in [2.24, 2.45) is 5.92 Å². The number of hydrogen-bond donors (Lipinski definition) is 2. The summed E-state index contributed by atoms with van der Waals surface area (Å²) in [5, 5.41) is 5.51. The highest BCUT2D eigenvalue weighted by molar-refractivity contribution is 7.88. The molecule has 0 aliphatic heterocycles. The van der Waals surface area contributed by atoms with Gasteiger partial charge in [-0.1, -0.05) is 20.3 Å². The third-order valence-corrected chi connectivity index (χ3v) is 7.57. The van der Waals surface area contributed by atoms with E-state index in [9.17, 15) is 26.4 Å². The number of amides is 1. The van der Waals surface area contributed by atoms with Gasteiger partial charge in [0.05, 0.1) is 30.3 Å². The molecule has 37 heavy (non-hydrogen) atoms. The smallest absolute Gasteiger partial charge is 0.419 e. The molecule has 9 nitrogen and oxygen atoms in total. The lowest BCUT2D eigenvalue weighted by Crippen LogP contribution is -2.44. The Labute approximate surface area is 215 Å². The van der Waals surface area contributed by atoms with Crippen LogP contribution in [0.3, 0.4) is 0 Å². The second-order valence-corrected chi connectivity index (χ2v) is 10.9. The number of methoxy groups -OCH3 is 1. The number of nitrogens with one attached hydrogen (secondary N) is 2. The summed E-state index contributed by atoms with van der Waals surface area (Å²) in [6.45, 7) is 1.35. The summed E-state index contributed by atoms with van der Waals surface area (Å²) >= 11 is 0. The van der Waals surface area contributed by atoms with Crippen molar-refractivity contribution >= 4 is 33.3 Å². The summed E-state index contributed by atoms with van der Waals surface area (Å²) < 4.78 is 72.2. The van der Waals surface area contributed by atoms with Gasteiger partial charge in [-0.2, -0.15) is 13.2 Å². The second-order valence-electron chi connectivity index (χ2n) is 8.87. The molecule has 2 aromatic rings. The first-order valence-electron chi connectivity index (χ1n) is 11.4. The molecule has 3 rings (SSSR count). The number of carbonyl (C=O) groups is 1. The number of anilines is 3. The van der Waals surface area contributed by atoms with Crippen molar-refractivity contribution in [2.45, 2.75) is 58.7 Å². The Bertz CT molecular complexity index is 1210. The van der Waals surface area contributed by atoms with Gasteiger partial charge in [-0.05, 0) is 37.3 Å². The van der Waals surface area contributed by atoms with Crippen LogP contribution in [0.4, 0.5) is 30.5 Å². The number of sulfonamides is 1. The Hall–Kier alpha value is -2.93. The van der Waals surface area contributed by atoms with Gasteiger partial charge in [0.25, 0.3) is 0 Å². The van der Waals surface area contributed by atoms with Gasteiger partial charge in [-0.15, -0.1) is 0 Å². The van der Waals surface area contributed by atoms with Crippen LogP contribution < -0.4 is 15.4 Å². The molecule has 2 N–H and O–H groups in total. The van der Waals surface area contributed by atoms with E-state index in [2.05, 4.69) is 20.6 Å². The highest BCUT2D eigenvalue weighted by atomic mass is 32.2. The highest BCUT2D eigenvalue weighted by Gasteiger charge is 2.38. The Morgan fingerprint density at radius 2 is 1.92 bits per heavy atom. The van der Waals surface area contributed by atoms with Crippen molar-refractivity contribution in [1.82, 2.24) is 14.3 Å². The molecule has 2 atom stereocenters. The Morgan fingerprint density at radius 3 is 2.51 bits per heavy atom. The molecule has 1 aromatic heterocycles. The van der Waals surface area contributed by atoms with Crippen LogP contribution in [0.15, 0.2) is 24.4 Å². The molecule has 1 amide bonds. The Kier molecular flexibility index (Phi) is 9.89. The minimum Gasteiger partial charge on any atom is -0.494 e. The molecule has 206 valence electrons. The van der Waals surface area contributed by atoms with Gasteiger partial charge in [0.2, 0.25) is 21.9 Å².